The predicted octanol–water partition coefficient (Wildman–Crippen LogP) is 1.45. The molecule has 3 amide bonds. The van der Waals surface area contributed by atoms with E-state index in [0.717, 1.165) is 5.56 Å². The number of hydrogen-bond acceptors (Lipinski definition) is 4. The number of carbonyl (C=O) groups excluding carboxylic acids is 3. The Kier molecular flexibility index (Phi) is 7.51. The number of carbonyl (C=O) groups is 3. The Morgan fingerprint density at radius 1 is 0.889 bits per heavy atom. The monoisotopic (exact) mass is 368 g/mol. The Hall–Kier alpha value is -3.19. The lowest BCUT2D eigenvalue weighted by molar-refractivity contribution is -0.120. The molecule has 0 aliphatic rings. The quantitative estimate of drug-likeness (QED) is 0.567. The molecular formula is C20H24N4O3. The zero-order valence-electron chi connectivity index (χ0n) is 15.4. The van der Waals surface area contributed by atoms with E-state index in [1.807, 2.05) is 37.3 Å². The number of likely N-dealkylation sites (N-methyl/N-ethyl adjacent to an activating group) is 1. The van der Waals surface area contributed by atoms with Crippen molar-refractivity contribution in [3.8, 4) is 0 Å². The molecule has 0 heterocycles. The van der Waals surface area contributed by atoms with Gasteiger partial charge in [0.25, 0.3) is 5.91 Å². The second kappa shape index (κ2) is 10.1. The van der Waals surface area contributed by atoms with Crippen LogP contribution in [-0.2, 0) is 9.59 Å². The average Bonchev–Trinajstić information content (AvgIpc) is 2.68. The Morgan fingerprint density at radius 2 is 1.52 bits per heavy atom. The summed E-state index contributed by atoms with van der Waals surface area (Å²) in [7, 11) is 1.52. The summed E-state index contributed by atoms with van der Waals surface area (Å²) in [5.74, 6) is -0.826. The van der Waals surface area contributed by atoms with Crippen molar-refractivity contribution in [3.63, 3.8) is 0 Å². The van der Waals surface area contributed by atoms with E-state index in [0.29, 0.717) is 11.3 Å². The van der Waals surface area contributed by atoms with Crippen LogP contribution >= 0.6 is 0 Å². The van der Waals surface area contributed by atoms with Crippen molar-refractivity contribution in [2.45, 2.75) is 13.0 Å². The maximum absolute atomic E-state index is 12.6. The van der Waals surface area contributed by atoms with Crippen LogP contribution in [0.1, 0.15) is 28.9 Å². The molecule has 2 aromatic carbocycles. The highest BCUT2D eigenvalue weighted by molar-refractivity contribution is 6.04. The molecule has 0 bridgehead atoms. The molecule has 142 valence electrons. The fraction of sp³-hybridized carbons (Fsp3) is 0.250. The summed E-state index contributed by atoms with van der Waals surface area (Å²) < 4.78 is 0. The standard InChI is InChI=1S/C20H24N4O3/c1-14(15-8-4-3-5-9-15)23-20(27)16-10-6-7-11-17(16)24-19(26)13-22-12-18(25)21-2/h3-11,14,22H,12-13H2,1-2H3,(H,21,25)(H,23,27)(H,24,26)/t14-/m0/s1. The third kappa shape index (κ3) is 6.23. The zero-order chi connectivity index (χ0) is 19.6. The maximum atomic E-state index is 12.6. The summed E-state index contributed by atoms with van der Waals surface area (Å²) >= 11 is 0. The molecule has 0 saturated heterocycles. The molecule has 0 aliphatic carbocycles. The summed E-state index contributed by atoms with van der Waals surface area (Å²) in [6, 6.07) is 16.3. The fourth-order valence-corrected chi connectivity index (χ4v) is 2.46. The molecule has 27 heavy (non-hydrogen) atoms. The second-order valence-electron chi connectivity index (χ2n) is 5.98. The Labute approximate surface area is 158 Å². The van der Waals surface area contributed by atoms with Gasteiger partial charge < -0.3 is 16.0 Å². The van der Waals surface area contributed by atoms with Crippen LogP contribution in [0.3, 0.4) is 0 Å². The van der Waals surface area contributed by atoms with Crippen LogP contribution in [0.5, 0.6) is 0 Å². The van der Waals surface area contributed by atoms with Gasteiger partial charge in [0.1, 0.15) is 0 Å². The maximum Gasteiger partial charge on any atom is 0.253 e. The molecule has 4 N–H and O–H groups in total. The molecule has 2 rings (SSSR count). The zero-order valence-corrected chi connectivity index (χ0v) is 15.4. The van der Waals surface area contributed by atoms with Gasteiger partial charge in [-0.25, -0.2) is 0 Å². The predicted molar refractivity (Wildman–Crippen MR) is 104 cm³/mol. The van der Waals surface area contributed by atoms with Crippen LogP contribution in [0.4, 0.5) is 5.69 Å². The number of amides is 3. The lowest BCUT2D eigenvalue weighted by Gasteiger charge is -2.16. The fourth-order valence-electron chi connectivity index (χ4n) is 2.46. The molecule has 7 nitrogen and oxygen atoms in total. The van der Waals surface area contributed by atoms with E-state index in [-0.39, 0.29) is 36.9 Å². The van der Waals surface area contributed by atoms with Gasteiger partial charge in [-0.2, -0.15) is 0 Å². The van der Waals surface area contributed by atoms with Crippen molar-refractivity contribution in [2.75, 3.05) is 25.5 Å². The lowest BCUT2D eigenvalue weighted by Crippen LogP contribution is -2.36. The van der Waals surface area contributed by atoms with E-state index in [1.165, 1.54) is 7.05 Å². The minimum absolute atomic E-state index is 0.0379. The average molecular weight is 368 g/mol. The highest BCUT2D eigenvalue weighted by atomic mass is 16.2. The number of anilines is 1. The molecule has 0 saturated carbocycles. The van der Waals surface area contributed by atoms with Gasteiger partial charge >= 0.3 is 0 Å². The summed E-state index contributed by atoms with van der Waals surface area (Å²) in [4.78, 5) is 35.9. The molecule has 0 spiro atoms. The Morgan fingerprint density at radius 3 is 2.22 bits per heavy atom. The highest BCUT2D eigenvalue weighted by Crippen LogP contribution is 2.17. The minimum Gasteiger partial charge on any atom is -0.358 e. The first-order valence-electron chi connectivity index (χ1n) is 8.67. The molecule has 0 aliphatic heterocycles. The number of nitrogens with one attached hydrogen (secondary N) is 4. The molecule has 0 fully saturated rings. The topological polar surface area (TPSA) is 99.3 Å². The van der Waals surface area contributed by atoms with Crippen molar-refractivity contribution in [1.29, 1.82) is 0 Å². The summed E-state index contributed by atoms with van der Waals surface area (Å²) in [6.07, 6.45) is 0. The first kappa shape index (κ1) is 20.1. The van der Waals surface area contributed by atoms with E-state index in [4.69, 9.17) is 0 Å². The summed E-state index contributed by atoms with van der Waals surface area (Å²) in [5, 5.41) is 10.8. The SMILES string of the molecule is CNC(=O)CNCC(=O)Nc1ccccc1C(=O)N[C@@H](C)c1ccccc1. The molecule has 1 atom stereocenters. The molecule has 7 heteroatoms. The molecule has 0 aromatic heterocycles. The van der Waals surface area contributed by atoms with Crippen LogP contribution in [0.15, 0.2) is 54.6 Å². The lowest BCUT2D eigenvalue weighted by atomic mass is 10.1. The molecule has 0 radical (unpaired) electrons. The van der Waals surface area contributed by atoms with E-state index in [2.05, 4.69) is 21.3 Å². The van der Waals surface area contributed by atoms with Crippen molar-refractivity contribution < 1.29 is 14.4 Å². The number of para-hydroxylation sites is 1. The summed E-state index contributed by atoms with van der Waals surface area (Å²) in [5.41, 5.74) is 1.78. The molecule has 0 unspecified atom stereocenters. The second-order valence-corrected chi connectivity index (χ2v) is 5.98. The first-order chi connectivity index (χ1) is 13.0. The van der Waals surface area contributed by atoms with Crippen LogP contribution < -0.4 is 21.3 Å². The Balaban J connectivity index is 1.98. The summed E-state index contributed by atoms with van der Waals surface area (Å²) in [6.45, 7) is 1.90. The highest BCUT2D eigenvalue weighted by Gasteiger charge is 2.16. The van der Waals surface area contributed by atoms with E-state index >= 15 is 0 Å². The minimum atomic E-state index is -0.338. The van der Waals surface area contributed by atoms with E-state index in [9.17, 15) is 14.4 Å². The van der Waals surface area contributed by atoms with Crippen LogP contribution in [0.2, 0.25) is 0 Å². The van der Waals surface area contributed by atoms with Crippen LogP contribution in [0, 0.1) is 0 Å². The normalized spacial score (nSPS) is 11.3. The Bertz CT molecular complexity index is 793. The van der Waals surface area contributed by atoms with Crippen molar-refractivity contribution in [1.82, 2.24) is 16.0 Å². The van der Waals surface area contributed by atoms with Gasteiger partial charge in [-0.05, 0) is 24.6 Å². The van der Waals surface area contributed by atoms with Gasteiger partial charge in [-0.1, -0.05) is 42.5 Å². The van der Waals surface area contributed by atoms with Crippen molar-refractivity contribution in [2.24, 2.45) is 0 Å². The number of hydrogen-bond donors (Lipinski definition) is 4. The number of rotatable bonds is 8. The van der Waals surface area contributed by atoms with Gasteiger partial charge in [0, 0.05) is 7.05 Å². The first-order valence-corrected chi connectivity index (χ1v) is 8.67. The van der Waals surface area contributed by atoms with Gasteiger partial charge in [-0.3, -0.25) is 19.7 Å². The van der Waals surface area contributed by atoms with Gasteiger partial charge in [0.05, 0.1) is 30.4 Å². The van der Waals surface area contributed by atoms with E-state index in [1.54, 1.807) is 24.3 Å². The smallest absolute Gasteiger partial charge is 0.253 e. The van der Waals surface area contributed by atoms with Gasteiger partial charge in [-0.15, -0.1) is 0 Å². The van der Waals surface area contributed by atoms with E-state index < -0.39 is 0 Å². The largest absolute Gasteiger partial charge is 0.358 e. The van der Waals surface area contributed by atoms with Crippen molar-refractivity contribution in [3.05, 3.63) is 65.7 Å². The van der Waals surface area contributed by atoms with Crippen molar-refractivity contribution >= 4 is 23.4 Å². The number of benzene rings is 2. The molecule has 2 aromatic rings. The van der Waals surface area contributed by atoms with Crippen LogP contribution in [-0.4, -0.2) is 37.9 Å². The van der Waals surface area contributed by atoms with Crippen LogP contribution in [0.25, 0.3) is 0 Å². The van der Waals surface area contributed by atoms with Gasteiger partial charge in [0.15, 0.2) is 0 Å². The third-order valence-corrected chi connectivity index (χ3v) is 3.94. The molecular weight excluding hydrogens is 344 g/mol. The van der Waals surface area contributed by atoms with Gasteiger partial charge in [0.2, 0.25) is 11.8 Å². The third-order valence-electron chi connectivity index (χ3n) is 3.94.